The molecular formula is C13H13N7O. The molecule has 8 nitrogen and oxygen atoms in total. The van der Waals surface area contributed by atoms with Crippen molar-refractivity contribution in [2.75, 3.05) is 0 Å². The number of aromatic nitrogens is 6. The molecule has 1 aliphatic carbocycles. The van der Waals surface area contributed by atoms with Crippen LogP contribution in [0.4, 0.5) is 0 Å². The van der Waals surface area contributed by atoms with Crippen LogP contribution in [0.2, 0.25) is 0 Å². The van der Waals surface area contributed by atoms with Crippen LogP contribution in [0.5, 0.6) is 0 Å². The van der Waals surface area contributed by atoms with Gasteiger partial charge in [0, 0.05) is 12.4 Å². The van der Waals surface area contributed by atoms with Gasteiger partial charge in [-0.25, -0.2) is 15.0 Å². The van der Waals surface area contributed by atoms with Crippen LogP contribution in [0.1, 0.15) is 25.1 Å². The molecule has 3 N–H and O–H groups in total. The molecule has 0 aromatic carbocycles. The van der Waals surface area contributed by atoms with Gasteiger partial charge in [-0.3, -0.25) is 0 Å². The highest BCUT2D eigenvalue weighted by Gasteiger charge is 2.37. The van der Waals surface area contributed by atoms with Crippen LogP contribution >= 0.6 is 0 Å². The molecule has 106 valence electrons. The Balaban J connectivity index is 1.64. The molecule has 0 unspecified atom stereocenters. The van der Waals surface area contributed by atoms with Crippen molar-refractivity contribution in [3.63, 3.8) is 0 Å². The number of hydrogen-bond donors (Lipinski definition) is 2. The van der Waals surface area contributed by atoms with Crippen molar-refractivity contribution >= 4 is 0 Å². The average Bonchev–Trinajstić information content (AvgIpc) is 3.14. The third kappa shape index (κ3) is 2.00. The Hall–Kier alpha value is -2.61. The topological polar surface area (TPSA) is 119 Å². The van der Waals surface area contributed by atoms with Crippen molar-refractivity contribution < 1.29 is 4.52 Å². The minimum Gasteiger partial charge on any atom is -0.336 e. The SMILES string of the molecule is NC1(c2ncc(-c3nc(-c4ncccn4)no3)[nH]2)CCC1. The summed E-state index contributed by atoms with van der Waals surface area (Å²) in [7, 11) is 0. The van der Waals surface area contributed by atoms with E-state index in [-0.39, 0.29) is 5.54 Å². The minimum absolute atomic E-state index is 0.341. The first-order valence-corrected chi connectivity index (χ1v) is 6.70. The first kappa shape index (κ1) is 12.2. The summed E-state index contributed by atoms with van der Waals surface area (Å²) >= 11 is 0. The summed E-state index contributed by atoms with van der Waals surface area (Å²) in [4.78, 5) is 19.9. The molecule has 1 saturated carbocycles. The molecule has 0 radical (unpaired) electrons. The lowest BCUT2D eigenvalue weighted by Gasteiger charge is -2.35. The zero-order chi connectivity index (χ0) is 14.3. The van der Waals surface area contributed by atoms with Gasteiger partial charge in [-0.1, -0.05) is 5.16 Å². The fraction of sp³-hybridized carbons (Fsp3) is 0.308. The molecule has 0 bridgehead atoms. The largest absolute Gasteiger partial charge is 0.336 e. The summed E-state index contributed by atoms with van der Waals surface area (Å²) < 4.78 is 5.23. The van der Waals surface area contributed by atoms with E-state index in [9.17, 15) is 0 Å². The molecule has 0 amide bonds. The second-order valence-corrected chi connectivity index (χ2v) is 5.15. The van der Waals surface area contributed by atoms with E-state index < -0.39 is 0 Å². The second kappa shape index (κ2) is 4.45. The molecule has 3 heterocycles. The molecule has 1 fully saturated rings. The Labute approximate surface area is 119 Å². The van der Waals surface area contributed by atoms with Crippen LogP contribution in [0.25, 0.3) is 23.2 Å². The van der Waals surface area contributed by atoms with Crippen LogP contribution < -0.4 is 5.73 Å². The van der Waals surface area contributed by atoms with Crippen molar-refractivity contribution in [1.82, 2.24) is 30.1 Å². The van der Waals surface area contributed by atoms with Crippen molar-refractivity contribution in [2.24, 2.45) is 5.73 Å². The van der Waals surface area contributed by atoms with Crippen molar-refractivity contribution in [3.8, 4) is 23.2 Å². The lowest BCUT2D eigenvalue weighted by molar-refractivity contribution is 0.240. The summed E-state index contributed by atoms with van der Waals surface area (Å²) in [6.45, 7) is 0. The molecule has 3 aromatic heterocycles. The van der Waals surface area contributed by atoms with E-state index in [4.69, 9.17) is 10.3 Å². The Morgan fingerprint density at radius 3 is 2.67 bits per heavy atom. The lowest BCUT2D eigenvalue weighted by atomic mass is 9.77. The van der Waals surface area contributed by atoms with E-state index in [1.54, 1.807) is 24.7 Å². The fourth-order valence-corrected chi connectivity index (χ4v) is 2.32. The van der Waals surface area contributed by atoms with Crippen LogP contribution in [0, 0.1) is 0 Å². The van der Waals surface area contributed by atoms with Gasteiger partial charge in [-0.15, -0.1) is 0 Å². The molecular weight excluding hydrogens is 270 g/mol. The molecule has 3 aromatic rings. The van der Waals surface area contributed by atoms with Crippen LogP contribution in [-0.2, 0) is 5.54 Å². The molecule has 0 aliphatic heterocycles. The third-order valence-corrected chi connectivity index (χ3v) is 3.72. The zero-order valence-electron chi connectivity index (χ0n) is 11.2. The molecule has 0 atom stereocenters. The van der Waals surface area contributed by atoms with Gasteiger partial charge in [0.15, 0.2) is 0 Å². The number of nitrogens with two attached hydrogens (primary N) is 1. The van der Waals surface area contributed by atoms with Crippen LogP contribution in [0.15, 0.2) is 29.2 Å². The maximum atomic E-state index is 6.23. The van der Waals surface area contributed by atoms with Gasteiger partial charge in [-0.05, 0) is 25.3 Å². The summed E-state index contributed by atoms with van der Waals surface area (Å²) in [6, 6.07) is 1.73. The number of H-pyrrole nitrogens is 1. The summed E-state index contributed by atoms with van der Waals surface area (Å²) in [5.41, 5.74) is 6.54. The minimum atomic E-state index is -0.344. The summed E-state index contributed by atoms with van der Waals surface area (Å²) in [5.74, 6) is 1.87. The molecule has 4 rings (SSSR count). The molecule has 0 saturated heterocycles. The van der Waals surface area contributed by atoms with Gasteiger partial charge in [0.25, 0.3) is 5.89 Å². The molecule has 1 aliphatic rings. The normalized spacial score (nSPS) is 16.6. The van der Waals surface area contributed by atoms with Crippen LogP contribution in [-0.4, -0.2) is 30.1 Å². The van der Waals surface area contributed by atoms with Gasteiger partial charge in [-0.2, -0.15) is 4.98 Å². The Bertz CT molecular complexity index is 760. The number of nitrogens with one attached hydrogen (secondary N) is 1. The number of rotatable bonds is 3. The van der Waals surface area contributed by atoms with Crippen molar-refractivity contribution in [1.29, 1.82) is 0 Å². The van der Waals surface area contributed by atoms with E-state index in [1.807, 2.05) is 0 Å². The van der Waals surface area contributed by atoms with E-state index in [1.165, 1.54) is 0 Å². The van der Waals surface area contributed by atoms with Crippen molar-refractivity contribution in [3.05, 3.63) is 30.5 Å². The molecule has 21 heavy (non-hydrogen) atoms. The summed E-state index contributed by atoms with van der Waals surface area (Å²) in [5, 5.41) is 3.88. The second-order valence-electron chi connectivity index (χ2n) is 5.15. The zero-order valence-corrected chi connectivity index (χ0v) is 11.2. The Kier molecular flexibility index (Phi) is 2.58. The quantitative estimate of drug-likeness (QED) is 0.742. The lowest BCUT2D eigenvalue weighted by Crippen LogP contribution is -2.44. The number of hydrogen-bond acceptors (Lipinski definition) is 7. The van der Waals surface area contributed by atoms with Gasteiger partial charge >= 0.3 is 0 Å². The number of nitrogens with zero attached hydrogens (tertiary/aromatic N) is 5. The van der Waals surface area contributed by atoms with E-state index >= 15 is 0 Å². The average molecular weight is 283 g/mol. The predicted octanol–water partition coefficient (Wildman–Crippen LogP) is 1.25. The van der Waals surface area contributed by atoms with Crippen molar-refractivity contribution in [2.45, 2.75) is 24.8 Å². The predicted molar refractivity (Wildman–Crippen MR) is 72.6 cm³/mol. The smallest absolute Gasteiger partial charge is 0.276 e. The highest BCUT2D eigenvalue weighted by molar-refractivity contribution is 5.51. The molecule has 8 heteroatoms. The summed E-state index contributed by atoms with van der Waals surface area (Å²) in [6.07, 6.45) is 7.91. The molecule has 0 spiro atoms. The van der Waals surface area contributed by atoms with E-state index in [2.05, 4.69) is 30.1 Å². The fourth-order valence-electron chi connectivity index (χ4n) is 2.32. The first-order valence-electron chi connectivity index (χ1n) is 6.70. The maximum Gasteiger partial charge on any atom is 0.276 e. The number of imidazole rings is 1. The highest BCUT2D eigenvalue weighted by Crippen LogP contribution is 2.37. The Morgan fingerprint density at radius 2 is 1.95 bits per heavy atom. The van der Waals surface area contributed by atoms with E-state index in [0.29, 0.717) is 23.2 Å². The van der Waals surface area contributed by atoms with Crippen LogP contribution in [0.3, 0.4) is 0 Å². The van der Waals surface area contributed by atoms with Gasteiger partial charge < -0.3 is 15.2 Å². The number of aromatic amines is 1. The Morgan fingerprint density at radius 1 is 1.14 bits per heavy atom. The maximum absolute atomic E-state index is 6.23. The standard InChI is InChI=1S/C13H13N7O/c14-13(3-1-4-13)12-17-7-8(18-12)11-19-10(20-21-11)9-15-5-2-6-16-9/h2,5-7H,1,3-4,14H2,(H,17,18). The first-order chi connectivity index (χ1) is 10.2. The van der Waals surface area contributed by atoms with Gasteiger partial charge in [0.2, 0.25) is 11.6 Å². The monoisotopic (exact) mass is 283 g/mol. The highest BCUT2D eigenvalue weighted by atomic mass is 16.5. The van der Waals surface area contributed by atoms with Gasteiger partial charge in [0.1, 0.15) is 11.5 Å². The van der Waals surface area contributed by atoms with Gasteiger partial charge in [0.05, 0.1) is 11.7 Å². The third-order valence-electron chi connectivity index (χ3n) is 3.72. The van der Waals surface area contributed by atoms with E-state index in [0.717, 1.165) is 25.1 Å².